The molecule has 0 amide bonds. The molecule has 2 aromatic carbocycles. The van der Waals surface area contributed by atoms with E-state index in [-0.39, 0.29) is 6.61 Å². The molecule has 0 spiro atoms. The van der Waals surface area contributed by atoms with Gasteiger partial charge in [-0.2, -0.15) is 0 Å². The summed E-state index contributed by atoms with van der Waals surface area (Å²) >= 11 is 0. The first-order valence-electron chi connectivity index (χ1n) is 7.03. The number of hydrogen-bond acceptors (Lipinski definition) is 2. The van der Waals surface area contributed by atoms with E-state index in [1.165, 1.54) is 16.7 Å². The maximum Gasteiger partial charge on any atom is 0.0543 e. The Kier molecular flexibility index (Phi) is 4.58. The van der Waals surface area contributed by atoms with Crippen molar-refractivity contribution in [1.29, 1.82) is 0 Å². The molecule has 0 fully saturated rings. The number of aliphatic hydroxyl groups excluding tert-OH is 1. The van der Waals surface area contributed by atoms with Gasteiger partial charge in [-0.1, -0.05) is 59.7 Å². The van der Waals surface area contributed by atoms with E-state index in [4.69, 9.17) is 5.73 Å². The molecule has 3 N–H and O–H groups in total. The molecule has 1 atom stereocenters. The quantitative estimate of drug-likeness (QED) is 0.876. The van der Waals surface area contributed by atoms with Crippen LogP contribution in [-0.2, 0) is 11.8 Å². The molecule has 0 saturated heterocycles. The highest BCUT2D eigenvalue weighted by Crippen LogP contribution is 2.28. The highest BCUT2D eigenvalue weighted by atomic mass is 16.3. The first kappa shape index (κ1) is 14.8. The maximum atomic E-state index is 9.94. The third-order valence-corrected chi connectivity index (χ3v) is 4.02. The molecule has 0 aliphatic rings. The van der Waals surface area contributed by atoms with Crippen LogP contribution in [-0.4, -0.2) is 18.3 Å². The molecule has 20 heavy (non-hydrogen) atoms. The number of nitrogens with two attached hydrogens (primary N) is 1. The largest absolute Gasteiger partial charge is 0.395 e. The smallest absolute Gasteiger partial charge is 0.0543 e. The Bertz CT molecular complexity index is 539. The average molecular weight is 269 g/mol. The Balaban J connectivity index is 2.33. The summed E-state index contributed by atoms with van der Waals surface area (Å²) in [5, 5.41) is 9.94. The maximum absolute atomic E-state index is 9.94. The van der Waals surface area contributed by atoms with Gasteiger partial charge in [-0.05, 0) is 31.4 Å². The molecule has 0 aromatic heterocycles. The Hall–Kier alpha value is -1.64. The fourth-order valence-electron chi connectivity index (χ4n) is 2.51. The fourth-order valence-corrected chi connectivity index (χ4v) is 2.51. The zero-order chi connectivity index (χ0) is 14.6. The molecule has 2 aromatic rings. The summed E-state index contributed by atoms with van der Waals surface area (Å²) in [4.78, 5) is 0. The van der Waals surface area contributed by atoms with Crippen molar-refractivity contribution in [3.8, 4) is 0 Å². The van der Waals surface area contributed by atoms with Crippen LogP contribution in [0, 0.1) is 13.8 Å². The number of rotatable bonds is 5. The van der Waals surface area contributed by atoms with Gasteiger partial charge >= 0.3 is 0 Å². The predicted octanol–water partition coefficient (Wildman–Crippen LogP) is 2.73. The Labute approximate surface area is 121 Å². The normalized spacial score (nSPS) is 14.0. The first-order chi connectivity index (χ1) is 9.59. The summed E-state index contributed by atoms with van der Waals surface area (Å²) in [6, 6.07) is 16.7. The molecule has 0 aliphatic carbocycles. The van der Waals surface area contributed by atoms with E-state index in [0.717, 1.165) is 12.0 Å². The topological polar surface area (TPSA) is 46.2 Å². The van der Waals surface area contributed by atoms with Gasteiger partial charge < -0.3 is 10.8 Å². The molecule has 0 radical (unpaired) electrons. The minimum atomic E-state index is -0.400. The summed E-state index contributed by atoms with van der Waals surface area (Å²) in [7, 11) is 0. The molecular formula is C18H23NO. The van der Waals surface area contributed by atoms with Crippen molar-refractivity contribution in [3.05, 3.63) is 70.8 Å². The lowest BCUT2D eigenvalue weighted by atomic mass is 9.76. The Morgan fingerprint density at radius 3 is 1.85 bits per heavy atom. The second-order valence-electron chi connectivity index (χ2n) is 5.67. The highest BCUT2D eigenvalue weighted by molar-refractivity contribution is 5.33. The van der Waals surface area contributed by atoms with E-state index in [1.54, 1.807) is 0 Å². The molecule has 1 unspecified atom stereocenters. The molecule has 2 heteroatoms. The van der Waals surface area contributed by atoms with Crippen LogP contribution in [0.5, 0.6) is 0 Å². The number of hydrogen-bond donors (Lipinski definition) is 2. The molecule has 2 rings (SSSR count). The van der Waals surface area contributed by atoms with Gasteiger partial charge in [0, 0.05) is 12.0 Å². The van der Waals surface area contributed by atoms with E-state index in [2.05, 4.69) is 62.4 Å². The van der Waals surface area contributed by atoms with Crippen molar-refractivity contribution in [1.82, 2.24) is 0 Å². The van der Waals surface area contributed by atoms with E-state index in [0.29, 0.717) is 6.54 Å². The van der Waals surface area contributed by atoms with E-state index in [1.807, 2.05) is 0 Å². The van der Waals surface area contributed by atoms with Crippen LogP contribution in [0.1, 0.15) is 22.3 Å². The zero-order valence-corrected chi connectivity index (χ0v) is 12.3. The van der Waals surface area contributed by atoms with Gasteiger partial charge in [-0.25, -0.2) is 0 Å². The lowest BCUT2D eigenvalue weighted by Gasteiger charge is -2.31. The Morgan fingerprint density at radius 2 is 1.40 bits per heavy atom. The minimum absolute atomic E-state index is 0.0560. The summed E-state index contributed by atoms with van der Waals surface area (Å²) in [6.07, 6.45) is 0.753. The third kappa shape index (κ3) is 3.09. The van der Waals surface area contributed by atoms with Crippen molar-refractivity contribution in [3.63, 3.8) is 0 Å². The van der Waals surface area contributed by atoms with Crippen molar-refractivity contribution < 1.29 is 5.11 Å². The van der Waals surface area contributed by atoms with Crippen molar-refractivity contribution in [2.24, 2.45) is 5.73 Å². The van der Waals surface area contributed by atoms with Crippen LogP contribution in [0.25, 0.3) is 0 Å². The molecular weight excluding hydrogens is 246 g/mol. The zero-order valence-electron chi connectivity index (χ0n) is 12.3. The number of aliphatic hydroxyl groups is 1. The molecule has 0 aliphatic heterocycles. The van der Waals surface area contributed by atoms with Crippen LogP contribution < -0.4 is 5.73 Å². The molecule has 2 nitrogen and oxygen atoms in total. The van der Waals surface area contributed by atoms with Gasteiger partial charge in [0.1, 0.15) is 0 Å². The lowest BCUT2D eigenvalue weighted by Crippen LogP contribution is -2.41. The first-order valence-corrected chi connectivity index (χ1v) is 7.03. The molecule has 106 valence electrons. The second-order valence-corrected chi connectivity index (χ2v) is 5.67. The number of aryl methyl sites for hydroxylation is 2. The summed E-state index contributed by atoms with van der Waals surface area (Å²) < 4.78 is 0. The van der Waals surface area contributed by atoms with Crippen molar-refractivity contribution in [2.75, 3.05) is 13.2 Å². The van der Waals surface area contributed by atoms with E-state index in [9.17, 15) is 5.11 Å². The average Bonchev–Trinajstić information content (AvgIpc) is 2.48. The second kappa shape index (κ2) is 6.21. The summed E-state index contributed by atoms with van der Waals surface area (Å²) in [6.45, 7) is 4.62. The fraction of sp³-hybridized carbons (Fsp3) is 0.333. The van der Waals surface area contributed by atoms with E-state index >= 15 is 0 Å². The molecule has 0 saturated carbocycles. The predicted molar refractivity (Wildman–Crippen MR) is 83.9 cm³/mol. The van der Waals surface area contributed by atoms with Crippen LogP contribution in [0.4, 0.5) is 0 Å². The lowest BCUT2D eigenvalue weighted by molar-refractivity contribution is 0.196. The van der Waals surface area contributed by atoms with Crippen LogP contribution >= 0.6 is 0 Å². The van der Waals surface area contributed by atoms with Crippen molar-refractivity contribution >= 4 is 0 Å². The van der Waals surface area contributed by atoms with Crippen LogP contribution in [0.2, 0.25) is 0 Å². The van der Waals surface area contributed by atoms with Gasteiger partial charge in [-0.15, -0.1) is 0 Å². The number of benzene rings is 2. The van der Waals surface area contributed by atoms with E-state index < -0.39 is 5.41 Å². The molecule has 0 bridgehead atoms. The summed E-state index contributed by atoms with van der Waals surface area (Å²) in [5.74, 6) is 0. The van der Waals surface area contributed by atoms with Gasteiger partial charge in [0.2, 0.25) is 0 Å². The Morgan fingerprint density at radius 1 is 0.900 bits per heavy atom. The van der Waals surface area contributed by atoms with Crippen LogP contribution in [0.15, 0.2) is 48.5 Å². The van der Waals surface area contributed by atoms with Crippen molar-refractivity contribution in [2.45, 2.75) is 25.7 Å². The third-order valence-electron chi connectivity index (χ3n) is 4.02. The van der Waals surface area contributed by atoms with Gasteiger partial charge in [-0.3, -0.25) is 0 Å². The summed E-state index contributed by atoms with van der Waals surface area (Å²) in [5.41, 5.74) is 10.4. The van der Waals surface area contributed by atoms with Gasteiger partial charge in [0.15, 0.2) is 0 Å². The minimum Gasteiger partial charge on any atom is -0.395 e. The SMILES string of the molecule is Cc1ccc(CC(CN)(CO)c2ccc(C)cc2)cc1. The highest BCUT2D eigenvalue weighted by Gasteiger charge is 2.30. The monoisotopic (exact) mass is 269 g/mol. The van der Waals surface area contributed by atoms with Gasteiger partial charge in [0.05, 0.1) is 6.61 Å². The van der Waals surface area contributed by atoms with Gasteiger partial charge in [0.25, 0.3) is 0 Å². The standard InChI is InChI=1S/C18H23NO/c1-14-3-7-16(8-4-14)11-18(12-19,13-20)17-9-5-15(2)6-10-17/h3-10,20H,11-13,19H2,1-2H3. The molecule has 0 heterocycles. The van der Waals surface area contributed by atoms with Crippen LogP contribution in [0.3, 0.4) is 0 Å².